The van der Waals surface area contributed by atoms with Gasteiger partial charge in [0, 0.05) is 17.6 Å². The highest BCUT2D eigenvalue weighted by atomic mass is 79.9. The summed E-state index contributed by atoms with van der Waals surface area (Å²) in [5.41, 5.74) is 1.48. The second kappa shape index (κ2) is 11.6. The summed E-state index contributed by atoms with van der Waals surface area (Å²) >= 11 is 8.80. The molecule has 2 aromatic carbocycles. The molecule has 1 heterocycles. The van der Waals surface area contributed by atoms with E-state index >= 15 is 0 Å². The van der Waals surface area contributed by atoms with Crippen LogP contribution in [0.5, 0.6) is 5.75 Å². The lowest BCUT2D eigenvalue weighted by Crippen LogP contribution is -2.39. The molecule has 33 heavy (non-hydrogen) atoms. The van der Waals surface area contributed by atoms with Crippen molar-refractivity contribution in [2.75, 3.05) is 25.0 Å². The van der Waals surface area contributed by atoms with Crippen molar-refractivity contribution < 1.29 is 14.3 Å². The van der Waals surface area contributed by atoms with Crippen molar-refractivity contribution in [1.82, 2.24) is 10.2 Å². The lowest BCUT2D eigenvalue weighted by Gasteiger charge is -2.31. The van der Waals surface area contributed by atoms with Crippen LogP contribution in [0.3, 0.4) is 0 Å². The fraction of sp³-hybridized carbons (Fsp3) is 0.400. The van der Waals surface area contributed by atoms with Gasteiger partial charge < -0.3 is 15.0 Å². The Morgan fingerprint density at radius 3 is 2.55 bits per heavy atom. The minimum absolute atomic E-state index is 0.0320. The van der Waals surface area contributed by atoms with Crippen molar-refractivity contribution in [3.05, 3.63) is 58.1 Å². The lowest BCUT2D eigenvalue weighted by molar-refractivity contribution is 0.0698. The van der Waals surface area contributed by atoms with Gasteiger partial charge in [-0.05, 0) is 67.2 Å². The summed E-state index contributed by atoms with van der Waals surface area (Å²) in [6.07, 6.45) is 2.01. The third-order valence-electron chi connectivity index (χ3n) is 5.46. The average molecular weight is 533 g/mol. The number of piperidine rings is 1. The van der Waals surface area contributed by atoms with Crippen molar-refractivity contribution in [2.24, 2.45) is 11.8 Å². The molecule has 0 unspecified atom stereocenters. The van der Waals surface area contributed by atoms with Crippen LogP contribution in [0.2, 0.25) is 0 Å². The summed E-state index contributed by atoms with van der Waals surface area (Å²) in [5, 5.41) is 5.84. The molecule has 1 aliphatic rings. The quantitative estimate of drug-likeness (QED) is 0.482. The average Bonchev–Trinajstić information content (AvgIpc) is 2.78. The molecule has 2 N–H and O–H groups in total. The Morgan fingerprint density at radius 2 is 1.85 bits per heavy atom. The molecule has 1 fully saturated rings. The van der Waals surface area contributed by atoms with Gasteiger partial charge in [0.15, 0.2) is 5.11 Å². The minimum atomic E-state index is -0.388. The van der Waals surface area contributed by atoms with Crippen LogP contribution in [0, 0.1) is 11.8 Å². The summed E-state index contributed by atoms with van der Waals surface area (Å²) in [4.78, 5) is 27.9. The number of hydrogen-bond acceptors (Lipinski definition) is 4. The van der Waals surface area contributed by atoms with E-state index in [4.69, 9.17) is 17.0 Å². The largest absolute Gasteiger partial charge is 0.492 e. The van der Waals surface area contributed by atoms with E-state index in [1.54, 1.807) is 24.3 Å². The molecule has 6 nitrogen and oxygen atoms in total. The van der Waals surface area contributed by atoms with Gasteiger partial charge in [-0.3, -0.25) is 14.9 Å². The molecule has 1 aliphatic heterocycles. The number of benzene rings is 2. The first-order chi connectivity index (χ1) is 15.7. The van der Waals surface area contributed by atoms with Crippen LogP contribution in [0.4, 0.5) is 5.69 Å². The third kappa shape index (κ3) is 7.01. The van der Waals surface area contributed by atoms with Crippen LogP contribution in [0.1, 0.15) is 54.3 Å². The van der Waals surface area contributed by atoms with E-state index < -0.39 is 0 Å². The maximum Gasteiger partial charge on any atom is 0.261 e. The fourth-order valence-corrected chi connectivity index (χ4v) is 4.11. The molecule has 3 rings (SSSR count). The summed E-state index contributed by atoms with van der Waals surface area (Å²) in [5.74, 6) is 1.03. The number of carbonyl (C=O) groups is 2. The van der Waals surface area contributed by atoms with Crippen LogP contribution in [0.15, 0.2) is 46.9 Å². The van der Waals surface area contributed by atoms with Crippen LogP contribution >= 0.6 is 28.1 Å². The zero-order valence-electron chi connectivity index (χ0n) is 19.2. The monoisotopic (exact) mass is 531 g/mol. The maximum atomic E-state index is 13.1. The Labute approximate surface area is 209 Å². The topological polar surface area (TPSA) is 70.7 Å². The Bertz CT molecular complexity index is 1020. The predicted molar refractivity (Wildman–Crippen MR) is 139 cm³/mol. The maximum absolute atomic E-state index is 13.1. The van der Waals surface area contributed by atoms with E-state index in [1.165, 1.54) is 0 Å². The predicted octanol–water partition coefficient (Wildman–Crippen LogP) is 5.48. The summed E-state index contributed by atoms with van der Waals surface area (Å²) in [6, 6.07) is 12.5. The standard InChI is InChI=1S/C25H30BrN3O3S/c1-16(2)15-32-22-9-8-18(26)14-20(22)23(30)28-25(33)27-21-7-5-4-6-19(21)24(31)29-12-10-17(3)11-13-29/h4-9,14,16-17H,10-13,15H2,1-3H3,(H2,27,28,30,33). The molecule has 1 saturated heterocycles. The van der Waals surface area contributed by atoms with Crippen LogP contribution in [-0.2, 0) is 0 Å². The van der Waals surface area contributed by atoms with E-state index in [1.807, 2.05) is 36.9 Å². The van der Waals surface area contributed by atoms with Gasteiger partial charge >= 0.3 is 0 Å². The number of thiocarbonyl (C=S) groups is 1. The second-order valence-electron chi connectivity index (χ2n) is 8.77. The number of para-hydroxylation sites is 1. The molecule has 0 aromatic heterocycles. The van der Waals surface area contributed by atoms with E-state index in [-0.39, 0.29) is 16.9 Å². The van der Waals surface area contributed by atoms with Gasteiger partial charge in [-0.1, -0.05) is 48.8 Å². The number of halogens is 1. The van der Waals surface area contributed by atoms with Gasteiger partial charge in [-0.15, -0.1) is 0 Å². The number of carbonyl (C=O) groups excluding carboxylic acids is 2. The van der Waals surface area contributed by atoms with Crippen LogP contribution in [-0.4, -0.2) is 41.5 Å². The summed E-state index contributed by atoms with van der Waals surface area (Å²) in [6.45, 7) is 8.29. The third-order valence-corrected chi connectivity index (χ3v) is 6.16. The molecule has 0 radical (unpaired) electrons. The zero-order chi connectivity index (χ0) is 24.0. The number of hydrogen-bond donors (Lipinski definition) is 2. The number of nitrogens with one attached hydrogen (secondary N) is 2. The van der Waals surface area contributed by atoms with Crippen molar-refractivity contribution >= 4 is 50.8 Å². The smallest absolute Gasteiger partial charge is 0.261 e. The number of rotatable bonds is 6. The summed E-state index contributed by atoms with van der Waals surface area (Å²) < 4.78 is 6.56. The Balaban J connectivity index is 1.70. The molecular weight excluding hydrogens is 502 g/mol. The van der Waals surface area contributed by atoms with Gasteiger partial charge in [0.2, 0.25) is 0 Å². The number of nitrogens with zero attached hydrogens (tertiary/aromatic N) is 1. The molecule has 0 spiro atoms. The summed E-state index contributed by atoms with van der Waals surface area (Å²) in [7, 11) is 0. The molecule has 0 atom stereocenters. The van der Waals surface area contributed by atoms with E-state index in [2.05, 4.69) is 33.5 Å². The highest BCUT2D eigenvalue weighted by Crippen LogP contribution is 2.25. The van der Waals surface area contributed by atoms with E-state index in [0.717, 1.165) is 30.4 Å². The van der Waals surface area contributed by atoms with Gasteiger partial charge in [0.25, 0.3) is 11.8 Å². The van der Waals surface area contributed by atoms with Crippen LogP contribution in [0.25, 0.3) is 0 Å². The fourth-order valence-electron chi connectivity index (χ4n) is 3.55. The molecule has 0 bridgehead atoms. The molecular formula is C25H30BrN3O3S. The first-order valence-corrected chi connectivity index (χ1v) is 12.4. The molecule has 0 saturated carbocycles. The molecule has 176 valence electrons. The Hall–Kier alpha value is -2.45. The van der Waals surface area contributed by atoms with Crippen molar-refractivity contribution in [1.29, 1.82) is 0 Å². The van der Waals surface area contributed by atoms with Crippen molar-refractivity contribution in [2.45, 2.75) is 33.6 Å². The van der Waals surface area contributed by atoms with Gasteiger partial charge in [0.1, 0.15) is 5.75 Å². The zero-order valence-corrected chi connectivity index (χ0v) is 21.6. The Morgan fingerprint density at radius 1 is 1.15 bits per heavy atom. The van der Waals surface area contributed by atoms with Gasteiger partial charge in [0.05, 0.1) is 23.4 Å². The van der Waals surface area contributed by atoms with Gasteiger partial charge in [-0.2, -0.15) is 0 Å². The first kappa shape index (κ1) is 25.2. The molecule has 2 amide bonds. The molecule has 8 heteroatoms. The van der Waals surface area contributed by atoms with Crippen molar-refractivity contribution in [3.8, 4) is 5.75 Å². The highest BCUT2D eigenvalue weighted by Gasteiger charge is 2.23. The number of likely N-dealkylation sites (tertiary alicyclic amines) is 1. The highest BCUT2D eigenvalue weighted by molar-refractivity contribution is 9.10. The van der Waals surface area contributed by atoms with Crippen LogP contribution < -0.4 is 15.4 Å². The minimum Gasteiger partial charge on any atom is -0.492 e. The first-order valence-electron chi connectivity index (χ1n) is 11.2. The number of amides is 2. The SMILES string of the molecule is CC(C)COc1ccc(Br)cc1C(=O)NC(=S)Nc1ccccc1C(=O)N1CCC(C)CC1. The second-order valence-corrected chi connectivity index (χ2v) is 10.1. The lowest BCUT2D eigenvalue weighted by atomic mass is 9.98. The number of ether oxygens (including phenoxy) is 1. The molecule has 2 aromatic rings. The Kier molecular flexibility index (Phi) is 8.86. The normalized spacial score (nSPS) is 14.2. The van der Waals surface area contributed by atoms with E-state index in [9.17, 15) is 9.59 Å². The van der Waals surface area contributed by atoms with Gasteiger partial charge in [-0.25, -0.2) is 0 Å². The van der Waals surface area contributed by atoms with E-state index in [0.29, 0.717) is 41.0 Å². The van der Waals surface area contributed by atoms with Crippen molar-refractivity contribution in [3.63, 3.8) is 0 Å². The molecule has 0 aliphatic carbocycles. The number of anilines is 1.